The number of carbonyl (C=O) groups excluding carboxylic acids is 1. The topological polar surface area (TPSA) is 55.6 Å². The minimum atomic E-state index is 0.000833. The number of likely N-dealkylation sites (N-methyl/N-ethyl adjacent to an activating group) is 1. The van der Waals surface area contributed by atoms with Gasteiger partial charge in [0.1, 0.15) is 0 Å². The summed E-state index contributed by atoms with van der Waals surface area (Å²) in [5.41, 5.74) is 8.04. The molecule has 1 saturated heterocycles. The molecule has 1 fully saturated rings. The van der Waals surface area contributed by atoms with E-state index in [1.54, 1.807) is 11.0 Å². The third-order valence-electron chi connectivity index (χ3n) is 3.19. The summed E-state index contributed by atoms with van der Waals surface area (Å²) >= 11 is 0. The lowest BCUT2D eigenvalue weighted by molar-refractivity contribution is 0.0587. The summed E-state index contributed by atoms with van der Waals surface area (Å²) in [5.74, 6) is 0.000833. The molecule has 4 heteroatoms. The Bertz CT molecular complexity index is 419. The second kappa shape index (κ2) is 5.40. The summed E-state index contributed by atoms with van der Waals surface area (Å²) in [6, 6.07) is 5.45. The van der Waals surface area contributed by atoms with E-state index in [-0.39, 0.29) is 12.0 Å². The van der Waals surface area contributed by atoms with E-state index < -0.39 is 0 Å². The summed E-state index contributed by atoms with van der Waals surface area (Å²) in [6.45, 7) is 3.39. The third kappa shape index (κ3) is 3.01. The molecule has 4 nitrogen and oxygen atoms in total. The van der Waals surface area contributed by atoms with Crippen LogP contribution in [0, 0.1) is 6.92 Å². The minimum absolute atomic E-state index is 0.000833. The number of carbonyl (C=O) groups is 1. The number of nitrogens with zero attached hydrogens (tertiary/aromatic N) is 1. The molecule has 1 aliphatic rings. The minimum Gasteiger partial charge on any atom is -0.399 e. The van der Waals surface area contributed by atoms with E-state index in [2.05, 4.69) is 0 Å². The zero-order valence-electron chi connectivity index (χ0n) is 11.0. The Balaban J connectivity index is 2.04. The molecule has 1 amide bonds. The van der Waals surface area contributed by atoms with Crippen LogP contribution in [-0.2, 0) is 4.74 Å². The molecule has 2 rings (SSSR count). The van der Waals surface area contributed by atoms with Crippen molar-refractivity contribution in [2.24, 2.45) is 0 Å². The van der Waals surface area contributed by atoms with Crippen LogP contribution < -0.4 is 5.73 Å². The van der Waals surface area contributed by atoms with Gasteiger partial charge in [0.15, 0.2) is 0 Å². The van der Waals surface area contributed by atoms with Gasteiger partial charge in [-0.1, -0.05) is 0 Å². The maximum Gasteiger partial charge on any atom is 0.253 e. The number of hydrogen-bond donors (Lipinski definition) is 1. The number of hydrogen-bond acceptors (Lipinski definition) is 3. The van der Waals surface area contributed by atoms with Gasteiger partial charge < -0.3 is 15.4 Å². The predicted molar refractivity (Wildman–Crippen MR) is 71.5 cm³/mol. The Hall–Kier alpha value is -1.55. The van der Waals surface area contributed by atoms with Crippen molar-refractivity contribution >= 4 is 11.6 Å². The second-order valence-electron chi connectivity index (χ2n) is 4.95. The summed E-state index contributed by atoms with van der Waals surface area (Å²) < 4.78 is 5.54. The lowest BCUT2D eigenvalue weighted by atomic mass is 10.1. The van der Waals surface area contributed by atoms with E-state index in [0.717, 1.165) is 25.0 Å². The van der Waals surface area contributed by atoms with Crippen molar-refractivity contribution in [3.05, 3.63) is 29.3 Å². The number of benzene rings is 1. The van der Waals surface area contributed by atoms with Crippen molar-refractivity contribution in [1.82, 2.24) is 4.90 Å². The van der Waals surface area contributed by atoms with E-state index in [1.807, 2.05) is 26.1 Å². The number of aryl methyl sites for hydroxylation is 1. The van der Waals surface area contributed by atoms with E-state index in [1.165, 1.54) is 0 Å². The highest BCUT2D eigenvalue weighted by Gasteiger charge is 2.21. The lowest BCUT2D eigenvalue weighted by Gasteiger charge is -2.21. The highest BCUT2D eigenvalue weighted by atomic mass is 16.5. The lowest BCUT2D eigenvalue weighted by Crippen LogP contribution is -2.34. The maximum atomic E-state index is 12.3. The molecule has 1 heterocycles. The Morgan fingerprint density at radius 1 is 1.50 bits per heavy atom. The van der Waals surface area contributed by atoms with Crippen LogP contribution in [0.15, 0.2) is 18.2 Å². The molecule has 0 bridgehead atoms. The van der Waals surface area contributed by atoms with Crippen LogP contribution in [0.2, 0.25) is 0 Å². The average Bonchev–Trinajstić information content (AvgIpc) is 2.79. The maximum absolute atomic E-state index is 12.3. The largest absolute Gasteiger partial charge is 0.399 e. The Morgan fingerprint density at radius 3 is 2.89 bits per heavy atom. The Morgan fingerprint density at radius 2 is 2.28 bits per heavy atom. The molecule has 0 aromatic heterocycles. The van der Waals surface area contributed by atoms with Crippen LogP contribution in [0.25, 0.3) is 0 Å². The molecule has 1 aliphatic heterocycles. The van der Waals surface area contributed by atoms with Gasteiger partial charge in [0, 0.05) is 31.5 Å². The fourth-order valence-electron chi connectivity index (χ4n) is 2.33. The molecule has 1 atom stereocenters. The first-order valence-corrected chi connectivity index (χ1v) is 6.30. The standard InChI is InChI=1S/C14H20N2O2/c1-10-6-11(8-12(15)7-10)14(17)16(2)9-13-4-3-5-18-13/h6-8,13H,3-5,9,15H2,1-2H3. The first-order valence-electron chi connectivity index (χ1n) is 6.30. The van der Waals surface area contributed by atoms with Gasteiger partial charge in [-0.25, -0.2) is 0 Å². The normalized spacial score (nSPS) is 18.9. The fourth-order valence-corrected chi connectivity index (χ4v) is 2.33. The third-order valence-corrected chi connectivity index (χ3v) is 3.19. The zero-order valence-corrected chi connectivity index (χ0v) is 11.0. The van der Waals surface area contributed by atoms with Gasteiger partial charge in [0.25, 0.3) is 5.91 Å². The predicted octanol–water partition coefficient (Wildman–Crippen LogP) is 1.83. The van der Waals surface area contributed by atoms with Crippen molar-refractivity contribution in [2.75, 3.05) is 25.9 Å². The molecule has 0 aliphatic carbocycles. The SMILES string of the molecule is Cc1cc(N)cc(C(=O)N(C)CC2CCCO2)c1. The molecule has 1 unspecified atom stereocenters. The van der Waals surface area contributed by atoms with Crippen LogP contribution in [-0.4, -0.2) is 37.1 Å². The molecule has 1 aromatic carbocycles. The van der Waals surface area contributed by atoms with Crippen molar-refractivity contribution in [3.63, 3.8) is 0 Å². The van der Waals surface area contributed by atoms with Gasteiger partial charge >= 0.3 is 0 Å². The number of anilines is 1. The first kappa shape index (κ1) is 12.9. The first-order chi connectivity index (χ1) is 8.56. The molecule has 98 valence electrons. The van der Waals surface area contributed by atoms with Crippen LogP contribution in [0.4, 0.5) is 5.69 Å². The van der Waals surface area contributed by atoms with Gasteiger partial charge in [0.2, 0.25) is 0 Å². The highest BCUT2D eigenvalue weighted by Crippen LogP contribution is 2.16. The quantitative estimate of drug-likeness (QED) is 0.830. The Kier molecular flexibility index (Phi) is 3.87. The Labute approximate surface area is 108 Å². The molecule has 1 aromatic rings. The summed E-state index contributed by atoms with van der Waals surface area (Å²) in [7, 11) is 1.81. The molecular formula is C14H20N2O2. The van der Waals surface area contributed by atoms with E-state index >= 15 is 0 Å². The van der Waals surface area contributed by atoms with Gasteiger partial charge in [-0.05, 0) is 43.5 Å². The van der Waals surface area contributed by atoms with Gasteiger partial charge in [-0.3, -0.25) is 4.79 Å². The number of rotatable bonds is 3. The number of nitrogen functional groups attached to an aromatic ring is 1. The van der Waals surface area contributed by atoms with Crippen LogP contribution >= 0.6 is 0 Å². The van der Waals surface area contributed by atoms with Crippen molar-refractivity contribution in [3.8, 4) is 0 Å². The molecule has 18 heavy (non-hydrogen) atoms. The molecule has 0 radical (unpaired) electrons. The number of amides is 1. The van der Waals surface area contributed by atoms with E-state index in [9.17, 15) is 4.79 Å². The van der Waals surface area contributed by atoms with Gasteiger partial charge in [0.05, 0.1) is 6.10 Å². The molecular weight excluding hydrogens is 228 g/mol. The number of ether oxygens (including phenoxy) is 1. The van der Waals surface area contributed by atoms with E-state index in [0.29, 0.717) is 17.8 Å². The van der Waals surface area contributed by atoms with Crippen molar-refractivity contribution in [1.29, 1.82) is 0 Å². The van der Waals surface area contributed by atoms with Crippen LogP contribution in [0.1, 0.15) is 28.8 Å². The fraction of sp³-hybridized carbons (Fsp3) is 0.500. The van der Waals surface area contributed by atoms with Crippen LogP contribution in [0.3, 0.4) is 0 Å². The smallest absolute Gasteiger partial charge is 0.253 e. The van der Waals surface area contributed by atoms with Crippen LogP contribution in [0.5, 0.6) is 0 Å². The van der Waals surface area contributed by atoms with Crippen molar-refractivity contribution < 1.29 is 9.53 Å². The summed E-state index contributed by atoms with van der Waals surface area (Å²) in [4.78, 5) is 14.0. The molecule has 0 spiro atoms. The molecule has 0 saturated carbocycles. The second-order valence-corrected chi connectivity index (χ2v) is 4.95. The monoisotopic (exact) mass is 248 g/mol. The van der Waals surface area contributed by atoms with Crippen molar-refractivity contribution in [2.45, 2.75) is 25.9 Å². The van der Waals surface area contributed by atoms with E-state index in [4.69, 9.17) is 10.5 Å². The van der Waals surface area contributed by atoms with Gasteiger partial charge in [-0.15, -0.1) is 0 Å². The summed E-state index contributed by atoms with van der Waals surface area (Å²) in [6.07, 6.45) is 2.30. The zero-order chi connectivity index (χ0) is 13.1. The average molecular weight is 248 g/mol. The number of nitrogens with two attached hydrogens (primary N) is 1. The molecule has 2 N–H and O–H groups in total. The summed E-state index contributed by atoms with van der Waals surface area (Å²) in [5, 5.41) is 0. The highest BCUT2D eigenvalue weighted by molar-refractivity contribution is 5.95. The van der Waals surface area contributed by atoms with Gasteiger partial charge in [-0.2, -0.15) is 0 Å².